The van der Waals surface area contributed by atoms with E-state index in [2.05, 4.69) is 11.8 Å². The van der Waals surface area contributed by atoms with E-state index in [1.54, 1.807) is 12.1 Å². The molecule has 1 aromatic carbocycles. The molecule has 0 bridgehead atoms. The largest absolute Gasteiger partial charge is 0.283 e. The van der Waals surface area contributed by atoms with Crippen LogP contribution in [0.5, 0.6) is 0 Å². The van der Waals surface area contributed by atoms with E-state index in [9.17, 15) is 9.59 Å². The molecule has 112 valence electrons. The quantitative estimate of drug-likeness (QED) is 0.799. The summed E-state index contributed by atoms with van der Waals surface area (Å²) in [5.74, 6) is -0.297. The molecule has 1 saturated carbocycles. The molecule has 1 heterocycles. The lowest BCUT2D eigenvalue weighted by Gasteiger charge is -2.35. The van der Waals surface area contributed by atoms with E-state index in [1.807, 2.05) is 12.1 Å². The zero-order valence-corrected chi connectivity index (χ0v) is 12.5. The standard InChI is InChI=1S/C17H22N2O2/c1-2-18(13-8-4-3-5-9-13)12-19-16(20)14-10-6-7-11-15(14)17(19)21/h6-7,10-11,13H,2-5,8-9,12H2,1H3. The number of carbonyl (C=O) groups excluding carboxylic acids is 2. The Bertz CT molecular complexity index is 514. The first-order chi connectivity index (χ1) is 10.2. The normalized spacial score (nSPS) is 19.4. The van der Waals surface area contributed by atoms with Crippen LogP contribution < -0.4 is 0 Å². The number of hydrogen-bond donors (Lipinski definition) is 0. The predicted octanol–water partition coefficient (Wildman–Crippen LogP) is 2.89. The third kappa shape index (κ3) is 2.60. The third-order valence-electron chi connectivity index (χ3n) is 4.70. The van der Waals surface area contributed by atoms with Gasteiger partial charge in [-0.05, 0) is 31.5 Å². The second-order valence-corrected chi connectivity index (χ2v) is 5.92. The summed E-state index contributed by atoms with van der Waals surface area (Å²) in [5, 5.41) is 0. The summed E-state index contributed by atoms with van der Waals surface area (Å²) in [6, 6.07) is 7.62. The summed E-state index contributed by atoms with van der Waals surface area (Å²) in [6.45, 7) is 3.40. The Morgan fingerprint density at radius 2 is 1.62 bits per heavy atom. The molecule has 1 aliphatic carbocycles. The van der Waals surface area contributed by atoms with E-state index in [-0.39, 0.29) is 11.8 Å². The van der Waals surface area contributed by atoms with Crippen molar-refractivity contribution >= 4 is 11.8 Å². The van der Waals surface area contributed by atoms with Gasteiger partial charge in [0.15, 0.2) is 0 Å². The lowest BCUT2D eigenvalue weighted by molar-refractivity contribution is 0.0457. The van der Waals surface area contributed by atoms with Crippen molar-refractivity contribution in [1.82, 2.24) is 9.80 Å². The molecule has 1 aliphatic heterocycles. The summed E-state index contributed by atoms with van der Waals surface area (Å²) < 4.78 is 0. The van der Waals surface area contributed by atoms with Crippen molar-refractivity contribution < 1.29 is 9.59 Å². The zero-order chi connectivity index (χ0) is 14.8. The minimum atomic E-state index is -0.148. The van der Waals surface area contributed by atoms with E-state index in [1.165, 1.54) is 37.0 Å². The molecule has 3 rings (SSSR count). The van der Waals surface area contributed by atoms with E-state index in [0.717, 1.165) is 6.54 Å². The van der Waals surface area contributed by atoms with Crippen molar-refractivity contribution in [3.05, 3.63) is 35.4 Å². The van der Waals surface area contributed by atoms with Gasteiger partial charge in [-0.3, -0.25) is 19.4 Å². The monoisotopic (exact) mass is 286 g/mol. The third-order valence-corrected chi connectivity index (χ3v) is 4.70. The molecule has 0 atom stereocenters. The number of nitrogens with zero attached hydrogens (tertiary/aromatic N) is 2. The molecule has 21 heavy (non-hydrogen) atoms. The summed E-state index contributed by atoms with van der Waals surface area (Å²) >= 11 is 0. The molecule has 4 heteroatoms. The second kappa shape index (κ2) is 5.98. The first-order valence-electron chi connectivity index (χ1n) is 7.91. The number of fused-ring (bicyclic) bond motifs is 1. The topological polar surface area (TPSA) is 40.6 Å². The molecule has 2 aliphatic rings. The lowest BCUT2D eigenvalue weighted by atomic mass is 9.94. The van der Waals surface area contributed by atoms with Gasteiger partial charge in [0.2, 0.25) is 0 Å². The highest BCUT2D eigenvalue weighted by atomic mass is 16.2. The fraction of sp³-hybridized carbons (Fsp3) is 0.529. The van der Waals surface area contributed by atoms with E-state index in [0.29, 0.717) is 23.8 Å². The molecule has 1 aromatic rings. The highest BCUT2D eigenvalue weighted by Crippen LogP contribution is 2.26. The van der Waals surface area contributed by atoms with Gasteiger partial charge in [0.1, 0.15) is 0 Å². The number of amides is 2. The number of rotatable bonds is 4. The van der Waals surface area contributed by atoms with Gasteiger partial charge in [0.05, 0.1) is 17.8 Å². The van der Waals surface area contributed by atoms with Crippen LogP contribution in [-0.2, 0) is 0 Å². The Morgan fingerprint density at radius 1 is 1.05 bits per heavy atom. The van der Waals surface area contributed by atoms with Gasteiger partial charge in [0.25, 0.3) is 11.8 Å². The lowest BCUT2D eigenvalue weighted by Crippen LogP contribution is -2.46. The fourth-order valence-corrected chi connectivity index (χ4v) is 3.47. The van der Waals surface area contributed by atoms with Gasteiger partial charge >= 0.3 is 0 Å². The van der Waals surface area contributed by atoms with Crippen LogP contribution in [-0.4, -0.2) is 40.9 Å². The molecule has 4 nitrogen and oxygen atoms in total. The first kappa shape index (κ1) is 14.3. The van der Waals surface area contributed by atoms with Gasteiger partial charge in [-0.25, -0.2) is 0 Å². The number of benzene rings is 1. The molecule has 0 aromatic heterocycles. The Hall–Kier alpha value is -1.68. The van der Waals surface area contributed by atoms with Gasteiger partial charge in [-0.15, -0.1) is 0 Å². The van der Waals surface area contributed by atoms with Crippen molar-refractivity contribution in [3.8, 4) is 0 Å². The molecular weight excluding hydrogens is 264 g/mol. The van der Waals surface area contributed by atoms with Crippen LogP contribution in [0.4, 0.5) is 0 Å². The number of hydrogen-bond acceptors (Lipinski definition) is 3. The van der Waals surface area contributed by atoms with Crippen molar-refractivity contribution in [1.29, 1.82) is 0 Å². The van der Waals surface area contributed by atoms with Crippen LogP contribution in [0.2, 0.25) is 0 Å². The van der Waals surface area contributed by atoms with Crippen molar-refractivity contribution in [2.75, 3.05) is 13.2 Å². The molecular formula is C17H22N2O2. The molecule has 2 amide bonds. The average molecular weight is 286 g/mol. The predicted molar refractivity (Wildman–Crippen MR) is 81.1 cm³/mol. The smallest absolute Gasteiger partial charge is 0.262 e. The molecule has 0 spiro atoms. The average Bonchev–Trinajstić information content (AvgIpc) is 2.78. The van der Waals surface area contributed by atoms with Crippen LogP contribution in [0.15, 0.2) is 24.3 Å². The van der Waals surface area contributed by atoms with Gasteiger partial charge in [-0.2, -0.15) is 0 Å². The van der Waals surface area contributed by atoms with E-state index in [4.69, 9.17) is 0 Å². The highest BCUT2D eigenvalue weighted by Gasteiger charge is 2.36. The SMILES string of the molecule is CCN(CN1C(=O)c2ccccc2C1=O)C1CCCCC1. The maximum atomic E-state index is 12.4. The Morgan fingerprint density at radius 3 is 2.14 bits per heavy atom. The molecule has 1 fully saturated rings. The Balaban J connectivity index is 1.75. The minimum Gasteiger partial charge on any atom is -0.283 e. The summed E-state index contributed by atoms with van der Waals surface area (Å²) in [6.07, 6.45) is 6.17. The van der Waals surface area contributed by atoms with E-state index < -0.39 is 0 Å². The number of carbonyl (C=O) groups is 2. The summed E-state index contributed by atoms with van der Waals surface area (Å²) in [7, 11) is 0. The van der Waals surface area contributed by atoms with Gasteiger partial charge in [-0.1, -0.05) is 38.3 Å². The van der Waals surface area contributed by atoms with Gasteiger partial charge in [0, 0.05) is 6.04 Å². The van der Waals surface area contributed by atoms with Crippen molar-refractivity contribution in [2.45, 2.75) is 45.1 Å². The summed E-state index contributed by atoms with van der Waals surface area (Å²) in [5.41, 5.74) is 1.09. The first-order valence-corrected chi connectivity index (χ1v) is 7.91. The second-order valence-electron chi connectivity index (χ2n) is 5.92. The molecule has 0 unspecified atom stereocenters. The minimum absolute atomic E-state index is 0.148. The maximum absolute atomic E-state index is 12.4. The summed E-state index contributed by atoms with van der Waals surface area (Å²) in [4.78, 5) is 28.5. The van der Waals surface area contributed by atoms with Crippen molar-refractivity contribution in [2.24, 2.45) is 0 Å². The van der Waals surface area contributed by atoms with Crippen molar-refractivity contribution in [3.63, 3.8) is 0 Å². The molecule has 0 radical (unpaired) electrons. The Kier molecular flexibility index (Phi) is 4.06. The highest BCUT2D eigenvalue weighted by molar-refractivity contribution is 6.21. The molecule has 0 N–H and O–H groups in total. The molecule has 0 saturated heterocycles. The van der Waals surface area contributed by atoms with E-state index >= 15 is 0 Å². The van der Waals surface area contributed by atoms with Crippen LogP contribution in [0, 0.1) is 0 Å². The van der Waals surface area contributed by atoms with Crippen LogP contribution >= 0.6 is 0 Å². The van der Waals surface area contributed by atoms with Crippen LogP contribution in [0.1, 0.15) is 59.7 Å². The Labute approximate surface area is 125 Å². The zero-order valence-electron chi connectivity index (χ0n) is 12.5. The van der Waals surface area contributed by atoms with Gasteiger partial charge < -0.3 is 0 Å². The van der Waals surface area contributed by atoms with Crippen LogP contribution in [0.3, 0.4) is 0 Å². The number of imide groups is 1. The van der Waals surface area contributed by atoms with Crippen LogP contribution in [0.25, 0.3) is 0 Å². The fourth-order valence-electron chi connectivity index (χ4n) is 3.47. The maximum Gasteiger partial charge on any atom is 0.262 e.